The Morgan fingerprint density at radius 2 is 2.29 bits per heavy atom. The second kappa shape index (κ2) is 8.00. The third-order valence-corrected chi connectivity index (χ3v) is 3.68. The Morgan fingerprint density at radius 3 is 3.05 bits per heavy atom. The van der Waals surface area contributed by atoms with Gasteiger partial charge in [-0.2, -0.15) is 0 Å². The van der Waals surface area contributed by atoms with Crippen LogP contribution >= 0.6 is 0 Å². The van der Waals surface area contributed by atoms with Gasteiger partial charge in [-0.15, -0.1) is 0 Å². The van der Waals surface area contributed by atoms with Crippen LogP contribution in [0, 0.1) is 6.92 Å². The number of anilines is 1. The minimum absolute atomic E-state index is 0.109. The first-order chi connectivity index (χ1) is 10.2. The smallest absolute Gasteiger partial charge is 0.239 e. The minimum atomic E-state index is 0.109. The van der Waals surface area contributed by atoms with E-state index in [0.717, 1.165) is 44.9 Å². The summed E-state index contributed by atoms with van der Waals surface area (Å²) in [5.41, 5.74) is 3.63. The molecule has 0 saturated carbocycles. The Balaban J connectivity index is 1.99. The van der Waals surface area contributed by atoms with Gasteiger partial charge in [0, 0.05) is 39.0 Å². The average molecular weight is 291 g/mol. The van der Waals surface area contributed by atoms with E-state index >= 15 is 0 Å². The van der Waals surface area contributed by atoms with Gasteiger partial charge in [0.05, 0.1) is 13.2 Å². The quantitative estimate of drug-likeness (QED) is 0.770. The van der Waals surface area contributed by atoms with Gasteiger partial charge in [-0.05, 0) is 30.5 Å². The molecule has 1 aromatic rings. The number of nitrogens with one attached hydrogen (secondary N) is 2. The fourth-order valence-corrected chi connectivity index (χ4v) is 2.60. The molecule has 0 atom stereocenters. The molecular weight excluding hydrogens is 266 g/mol. The predicted octanol–water partition coefficient (Wildman–Crippen LogP) is 1.06. The molecule has 21 heavy (non-hydrogen) atoms. The zero-order valence-corrected chi connectivity index (χ0v) is 12.9. The maximum absolute atomic E-state index is 11.7. The van der Waals surface area contributed by atoms with Crippen molar-refractivity contribution in [2.45, 2.75) is 19.9 Å². The van der Waals surface area contributed by atoms with E-state index in [1.54, 1.807) is 7.11 Å². The number of benzene rings is 1. The van der Waals surface area contributed by atoms with Crippen LogP contribution in [-0.2, 0) is 16.1 Å². The molecule has 1 aromatic carbocycles. The lowest BCUT2D eigenvalue weighted by Crippen LogP contribution is -2.33. The number of carbonyl (C=O) groups excluding carboxylic acids is 1. The molecule has 0 radical (unpaired) electrons. The first-order valence-electron chi connectivity index (χ1n) is 7.51. The van der Waals surface area contributed by atoms with E-state index in [-0.39, 0.29) is 5.91 Å². The lowest BCUT2D eigenvalue weighted by atomic mass is 10.1. The molecule has 1 saturated heterocycles. The van der Waals surface area contributed by atoms with Crippen molar-refractivity contribution in [3.8, 4) is 0 Å². The molecule has 5 nitrogen and oxygen atoms in total. The van der Waals surface area contributed by atoms with Crippen LogP contribution in [0.1, 0.15) is 17.5 Å². The van der Waals surface area contributed by atoms with Crippen LogP contribution in [0.5, 0.6) is 0 Å². The number of hydrogen-bond acceptors (Lipinski definition) is 4. The topological polar surface area (TPSA) is 53.6 Å². The number of rotatable bonds is 6. The number of hydrogen-bond donors (Lipinski definition) is 2. The molecule has 2 N–H and O–H groups in total. The molecule has 1 aliphatic heterocycles. The molecular formula is C16H25N3O2. The molecule has 0 unspecified atom stereocenters. The normalized spacial score (nSPS) is 15.7. The second-order valence-electron chi connectivity index (χ2n) is 5.42. The van der Waals surface area contributed by atoms with E-state index in [0.29, 0.717) is 6.54 Å². The van der Waals surface area contributed by atoms with Crippen LogP contribution in [0.4, 0.5) is 5.69 Å². The second-order valence-corrected chi connectivity index (χ2v) is 5.42. The summed E-state index contributed by atoms with van der Waals surface area (Å²) < 4.78 is 5.02. The molecule has 5 heteroatoms. The number of aryl methyl sites for hydroxylation is 1. The highest BCUT2D eigenvalue weighted by atomic mass is 16.5. The maximum atomic E-state index is 11.7. The summed E-state index contributed by atoms with van der Waals surface area (Å²) in [7, 11) is 1.71. The summed E-state index contributed by atoms with van der Waals surface area (Å²) in [5, 5.41) is 6.26. The van der Waals surface area contributed by atoms with Crippen molar-refractivity contribution in [1.29, 1.82) is 0 Å². The SMILES string of the molecule is COCCNCc1ccc(N2CCCNC(=O)C2)c(C)c1. The molecule has 0 bridgehead atoms. The van der Waals surface area contributed by atoms with Gasteiger partial charge in [-0.3, -0.25) is 4.79 Å². The fourth-order valence-electron chi connectivity index (χ4n) is 2.60. The Hall–Kier alpha value is -1.59. The number of carbonyl (C=O) groups is 1. The van der Waals surface area contributed by atoms with E-state index < -0.39 is 0 Å². The standard InChI is InChI=1S/C16H25N3O2/c1-13-10-14(11-17-7-9-21-2)4-5-15(13)19-8-3-6-18-16(20)12-19/h4-5,10,17H,3,6-9,11-12H2,1-2H3,(H,18,20). The Morgan fingerprint density at radius 1 is 1.43 bits per heavy atom. The monoisotopic (exact) mass is 291 g/mol. The van der Waals surface area contributed by atoms with Gasteiger partial charge in [0.1, 0.15) is 0 Å². The zero-order valence-electron chi connectivity index (χ0n) is 12.9. The van der Waals surface area contributed by atoms with E-state index in [1.807, 2.05) is 0 Å². The first-order valence-corrected chi connectivity index (χ1v) is 7.51. The predicted molar refractivity (Wildman–Crippen MR) is 84.6 cm³/mol. The van der Waals surface area contributed by atoms with Crippen LogP contribution in [-0.4, -0.2) is 45.8 Å². The van der Waals surface area contributed by atoms with Gasteiger partial charge in [-0.25, -0.2) is 0 Å². The molecule has 1 heterocycles. The van der Waals surface area contributed by atoms with Crippen LogP contribution in [0.25, 0.3) is 0 Å². The van der Waals surface area contributed by atoms with Crippen LogP contribution in [0.3, 0.4) is 0 Å². The number of ether oxygens (including phenoxy) is 1. The lowest BCUT2D eigenvalue weighted by molar-refractivity contribution is -0.119. The van der Waals surface area contributed by atoms with Gasteiger partial charge >= 0.3 is 0 Å². The highest BCUT2D eigenvalue weighted by Crippen LogP contribution is 2.22. The molecule has 0 aliphatic carbocycles. The molecule has 0 aromatic heterocycles. The van der Waals surface area contributed by atoms with Crippen molar-refractivity contribution in [1.82, 2.24) is 10.6 Å². The number of nitrogens with zero attached hydrogens (tertiary/aromatic N) is 1. The Labute approximate surface area is 126 Å². The van der Waals surface area contributed by atoms with Crippen molar-refractivity contribution in [2.24, 2.45) is 0 Å². The molecule has 1 fully saturated rings. The van der Waals surface area contributed by atoms with Gasteiger partial charge in [0.25, 0.3) is 0 Å². The van der Waals surface area contributed by atoms with Gasteiger partial charge in [0.15, 0.2) is 0 Å². The fraction of sp³-hybridized carbons (Fsp3) is 0.562. The van der Waals surface area contributed by atoms with Crippen molar-refractivity contribution < 1.29 is 9.53 Å². The Bertz CT molecular complexity index is 477. The third-order valence-electron chi connectivity index (χ3n) is 3.68. The van der Waals surface area contributed by atoms with Crippen LogP contribution in [0.15, 0.2) is 18.2 Å². The number of methoxy groups -OCH3 is 1. The molecule has 116 valence electrons. The van der Waals surface area contributed by atoms with Crippen molar-refractivity contribution >= 4 is 11.6 Å². The zero-order chi connectivity index (χ0) is 15.1. The van der Waals surface area contributed by atoms with Crippen LogP contribution < -0.4 is 15.5 Å². The summed E-state index contributed by atoms with van der Waals surface area (Å²) in [4.78, 5) is 13.8. The molecule has 2 rings (SSSR count). The molecule has 1 aliphatic rings. The largest absolute Gasteiger partial charge is 0.383 e. The highest BCUT2D eigenvalue weighted by molar-refractivity contribution is 5.82. The van der Waals surface area contributed by atoms with Gasteiger partial charge in [0.2, 0.25) is 5.91 Å². The van der Waals surface area contributed by atoms with Crippen LogP contribution in [0.2, 0.25) is 0 Å². The van der Waals surface area contributed by atoms with Crippen molar-refractivity contribution in [3.63, 3.8) is 0 Å². The van der Waals surface area contributed by atoms with Gasteiger partial charge < -0.3 is 20.3 Å². The highest BCUT2D eigenvalue weighted by Gasteiger charge is 2.16. The summed E-state index contributed by atoms with van der Waals surface area (Å²) >= 11 is 0. The van der Waals surface area contributed by atoms with Gasteiger partial charge in [-0.1, -0.05) is 12.1 Å². The lowest BCUT2D eigenvalue weighted by Gasteiger charge is -2.23. The summed E-state index contributed by atoms with van der Waals surface area (Å²) in [6.07, 6.45) is 0.992. The average Bonchev–Trinajstić information content (AvgIpc) is 2.68. The van der Waals surface area contributed by atoms with E-state index in [2.05, 4.69) is 40.7 Å². The van der Waals surface area contributed by atoms with E-state index in [4.69, 9.17) is 4.74 Å². The maximum Gasteiger partial charge on any atom is 0.239 e. The first kappa shape index (κ1) is 15.8. The minimum Gasteiger partial charge on any atom is -0.383 e. The molecule has 1 amide bonds. The third kappa shape index (κ3) is 4.72. The van der Waals surface area contributed by atoms with Crippen molar-refractivity contribution in [2.75, 3.05) is 44.8 Å². The Kier molecular flexibility index (Phi) is 6.02. The summed E-state index contributed by atoms with van der Waals surface area (Å²) in [5.74, 6) is 0.109. The number of amides is 1. The van der Waals surface area contributed by atoms with E-state index in [1.165, 1.54) is 11.1 Å². The molecule has 0 spiro atoms. The summed E-state index contributed by atoms with van der Waals surface area (Å²) in [6.45, 7) is 6.67. The summed E-state index contributed by atoms with van der Waals surface area (Å²) in [6, 6.07) is 6.45. The van der Waals surface area contributed by atoms with Crippen molar-refractivity contribution in [3.05, 3.63) is 29.3 Å². The van der Waals surface area contributed by atoms with E-state index in [9.17, 15) is 4.79 Å².